The Balaban J connectivity index is 3.62. The van der Waals surface area contributed by atoms with Gasteiger partial charge in [-0.1, -0.05) is 0 Å². The van der Waals surface area contributed by atoms with E-state index in [9.17, 15) is 4.21 Å². The Morgan fingerprint density at radius 2 is 1.67 bits per heavy atom. The lowest BCUT2D eigenvalue weighted by Crippen LogP contribution is -2.32. The van der Waals surface area contributed by atoms with Crippen LogP contribution in [0.4, 0.5) is 0 Å². The summed E-state index contributed by atoms with van der Waals surface area (Å²) in [5.41, 5.74) is 0. The van der Waals surface area contributed by atoms with Crippen LogP contribution in [0, 0.1) is 0 Å². The minimum Gasteiger partial charge on any atom is -0.383 e. The van der Waals surface area contributed by atoms with Crippen molar-refractivity contribution in [1.29, 1.82) is 0 Å². The lowest BCUT2D eigenvalue weighted by molar-refractivity contribution is 0.149. The molecule has 1 atom stereocenters. The van der Waals surface area contributed by atoms with Gasteiger partial charge in [-0.2, -0.15) is 4.31 Å². The van der Waals surface area contributed by atoms with Crippen molar-refractivity contribution in [3.63, 3.8) is 0 Å². The summed E-state index contributed by atoms with van der Waals surface area (Å²) in [5.74, 6) is 0. The van der Waals surface area contributed by atoms with Gasteiger partial charge in [-0.05, 0) is 0 Å². The van der Waals surface area contributed by atoms with E-state index in [1.807, 2.05) is 0 Å². The van der Waals surface area contributed by atoms with Crippen LogP contribution in [-0.2, 0) is 20.7 Å². The standard InChI is InChI=1S/C6H15NO4S/c1-10-5-3-7(12(8)9)4-6-11-2/h3-6H2,1-2H3,(H,8,9). The van der Waals surface area contributed by atoms with Gasteiger partial charge >= 0.3 is 0 Å². The van der Waals surface area contributed by atoms with E-state index in [1.165, 1.54) is 4.31 Å². The molecule has 0 rings (SSSR count). The van der Waals surface area contributed by atoms with Crippen LogP contribution in [0.1, 0.15) is 0 Å². The first-order chi connectivity index (χ1) is 5.72. The van der Waals surface area contributed by atoms with Crippen molar-refractivity contribution in [2.45, 2.75) is 0 Å². The number of methoxy groups -OCH3 is 2. The highest BCUT2D eigenvalue weighted by molar-refractivity contribution is 7.76. The van der Waals surface area contributed by atoms with Crippen LogP contribution in [0.3, 0.4) is 0 Å². The molecule has 0 saturated carbocycles. The number of hydrogen-bond donors (Lipinski definition) is 1. The van der Waals surface area contributed by atoms with E-state index in [2.05, 4.69) is 0 Å². The van der Waals surface area contributed by atoms with Crippen LogP contribution in [0.2, 0.25) is 0 Å². The first-order valence-corrected chi connectivity index (χ1v) is 4.62. The molecule has 0 spiro atoms. The van der Waals surface area contributed by atoms with Crippen molar-refractivity contribution < 1.29 is 18.2 Å². The molecule has 12 heavy (non-hydrogen) atoms. The molecule has 1 N–H and O–H groups in total. The van der Waals surface area contributed by atoms with Crippen LogP contribution in [0.15, 0.2) is 0 Å². The molecule has 0 saturated heterocycles. The van der Waals surface area contributed by atoms with E-state index in [1.54, 1.807) is 14.2 Å². The van der Waals surface area contributed by atoms with Gasteiger partial charge in [0.25, 0.3) is 0 Å². The number of hydrogen-bond acceptors (Lipinski definition) is 3. The molecule has 74 valence electrons. The summed E-state index contributed by atoms with van der Waals surface area (Å²) in [7, 11) is 3.10. The third kappa shape index (κ3) is 5.62. The quantitative estimate of drug-likeness (QED) is 0.570. The van der Waals surface area contributed by atoms with Gasteiger partial charge in [0.2, 0.25) is 11.3 Å². The number of ether oxygens (including phenoxy) is 2. The molecule has 0 aliphatic carbocycles. The molecular formula is C6H15NO4S. The Bertz CT molecular complexity index is 125. The van der Waals surface area contributed by atoms with Gasteiger partial charge < -0.3 is 9.47 Å². The molecule has 0 fully saturated rings. The van der Waals surface area contributed by atoms with Crippen molar-refractivity contribution in [2.75, 3.05) is 40.5 Å². The Kier molecular flexibility index (Phi) is 7.62. The second kappa shape index (κ2) is 7.63. The van der Waals surface area contributed by atoms with Gasteiger partial charge in [-0.25, -0.2) is 4.21 Å². The molecular weight excluding hydrogens is 182 g/mol. The van der Waals surface area contributed by atoms with E-state index in [0.717, 1.165) is 0 Å². The SMILES string of the molecule is COCCN(CCOC)S(=O)O. The zero-order chi connectivity index (χ0) is 9.40. The average molecular weight is 197 g/mol. The summed E-state index contributed by atoms with van der Waals surface area (Å²) in [4.78, 5) is 0. The fourth-order valence-corrected chi connectivity index (χ4v) is 1.12. The van der Waals surface area contributed by atoms with Crippen molar-refractivity contribution in [3.8, 4) is 0 Å². The summed E-state index contributed by atoms with van der Waals surface area (Å²) in [6, 6.07) is 0. The third-order valence-corrected chi connectivity index (χ3v) is 2.12. The maximum atomic E-state index is 10.6. The fraction of sp³-hybridized carbons (Fsp3) is 1.00. The van der Waals surface area contributed by atoms with Crippen LogP contribution in [0.5, 0.6) is 0 Å². The van der Waals surface area contributed by atoms with Crippen LogP contribution < -0.4 is 0 Å². The molecule has 0 aliphatic heterocycles. The molecule has 0 aromatic rings. The van der Waals surface area contributed by atoms with Gasteiger partial charge in [0.05, 0.1) is 13.2 Å². The second-order valence-electron chi connectivity index (χ2n) is 2.15. The predicted molar refractivity (Wildman–Crippen MR) is 46.1 cm³/mol. The smallest absolute Gasteiger partial charge is 0.234 e. The minimum absolute atomic E-state index is 0.434. The summed E-state index contributed by atoms with van der Waals surface area (Å²) in [6.07, 6.45) is 0. The molecule has 0 aromatic carbocycles. The molecule has 0 radical (unpaired) electrons. The molecule has 5 nitrogen and oxygen atoms in total. The highest BCUT2D eigenvalue weighted by Gasteiger charge is 2.09. The van der Waals surface area contributed by atoms with Crippen LogP contribution in [0.25, 0.3) is 0 Å². The highest BCUT2D eigenvalue weighted by atomic mass is 32.2. The van der Waals surface area contributed by atoms with E-state index >= 15 is 0 Å². The monoisotopic (exact) mass is 197 g/mol. The van der Waals surface area contributed by atoms with Gasteiger partial charge in [0, 0.05) is 27.3 Å². The summed E-state index contributed by atoms with van der Waals surface area (Å²) in [6.45, 7) is 1.75. The Hall–Kier alpha value is -0.0100. The summed E-state index contributed by atoms with van der Waals surface area (Å²) in [5, 5.41) is 0. The van der Waals surface area contributed by atoms with Crippen molar-refractivity contribution in [3.05, 3.63) is 0 Å². The van der Waals surface area contributed by atoms with Gasteiger partial charge in [-0.15, -0.1) is 0 Å². The summed E-state index contributed by atoms with van der Waals surface area (Å²) < 4.78 is 30.3. The Labute approximate surface area is 75.1 Å². The van der Waals surface area contributed by atoms with E-state index < -0.39 is 11.3 Å². The highest BCUT2D eigenvalue weighted by Crippen LogP contribution is 1.91. The van der Waals surface area contributed by atoms with Crippen molar-refractivity contribution in [2.24, 2.45) is 0 Å². The predicted octanol–water partition coefficient (Wildman–Crippen LogP) is -0.282. The molecule has 6 heteroatoms. The zero-order valence-electron chi connectivity index (χ0n) is 7.36. The van der Waals surface area contributed by atoms with Gasteiger partial charge in [0.1, 0.15) is 0 Å². The molecule has 1 unspecified atom stereocenters. The average Bonchev–Trinajstić information content (AvgIpc) is 2.04. The molecule has 0 amide bonds. The molecule has 0 aliphatic rings. The zero-order valence-corrected chi connectivity index (χ0v) is 8.17. The van der Waals surface area contributed by atoms with Crippen molar-refractivity contribution in [1.82, 2.24) is 4.31 Å². The first kappa shape index (κ1) is 12.0. The molecule has 0 heterocycles. The van der Waals surface area contributed by atoms with Crippen LogP contribution in [-0.4, -0.2) is 53.6 Å². The van der Waals surface area contributed by atoms with E-state index in [0.29, 0.717) is 26.3 Å². The maximum Gasteiger partial charge on any atom is 0.234 e. The molecule has 0 aromatic heterocycles. The molecule has 0 bridgehead atoms. The lowest BCUT2D eigenvalue weighted by Gasteiger charge is -2.15. The Morgan fingerprint density at radius 1 is 1.25 bits per heavy atom. The topological polar surface area (TPSA) is 59.0 Å². The van der Waals surface area contributed by atoms with Crippen LogP contribution >= 0.6 is 0 Å². The fourth-order valence-electron chi connectivity index (χ4n) is 0.654. The number of nitrogens with zero attached hydrogens (tertiary/aromatic N) is 1. The third-order valence-electron chi connectivity index (χ3n) is 1.31. The maximum absolute atomic E-state index is 10.6. The van der Waals surface area contributed by atoms with Gasteiger partial charge in [0.15, 0.2) is 0 Å². The second-order valence-corrected chi connectivity index (χ2v) is 3.12. The first-order valence-electron chi connectivity index (χ1n) is 3.56. The van der Waals surface area contributed by atoms with Crippen molar-refractivity contribution >= 4 is 11.3 Å². The minimum atomic E-state index is -1.93. The van der Waals surface area contributed by atoms with E-state index in [-0.39, 0.29) is 0 Å². The lowest BCUT2D eigenvalue weighted by atomic mass is 10.6. The van der Waals surface area contributed by atoms with E-state index in [4.69, 9.17) is 14.0 Å². The number of rotatable bonds is 7. The normalized spacial score (nSPS) is 13.7. The van der Waals surface area contributed by atoms with Gasteiger partial charge in [-0.3, -0.25) is 4.55 Å². The Morgan fingerprint density at radius 3 is 1.92 bits per heavy atom. The summed E-state index contributed by atoms with van der Waals surface area (Å²) >= 11 is -1.93. The largest absolute Gasteiger partial charge is 0.383 e.